The van der Waals surface area contributed by atoms with E-state index in [1.807, 2.05) is 48.5 Å². The lowest BCUT2D eigenvalue weighted by molar-refractivity contribution is 0.310. The molecule has 1 aliphatic heterocycles. The molecular formula is C13H11BO2. The smallest absolute Gasteiger partial charge is 0.363 e. The molecule has 1 heterocycles. The van der Waals surface area contributed by atoms with E-state index < -0.39 is 6.92 Å². The van der Waals surface area contributed by atoms with Crippen LogP contribution in [0.15, 0.2) is 48.5 Å². The van der Waals surface area contributed by atoms with Crippen LogP contribution in [0.4, 0.5) is 0 Å². The summed E-state index contributed by atoms with van der Waals surface area (Å²) in [5.41, 5.74) is 2.83. The monoisotopic (exact) mass is 210 g/mol. The molecule has 0 fully saturated rings. The molecule has 3 heteroatoms. The highest BCUT2D eigenvalue weighted by Gasteiger charge is 2.26. The average Bonchev–Trinajstić information content (AvgIpc) is 2.49. The minimum Gasteiger partial charge on any atom is -0.489 e. The second-order valence-corrected chi connectivity index (χ2v) is 3.93. The number of ether oxygens (including phenoxy) is 1. The highest BCUT2D eigenvalue weighted by atomic mass is 16.5. The van der Waals surface area contributed by atoms with Crippen LogP contribution in [-0.2, 0) is 6.61 Å². The third-order valence-corrected chi connectivity index (χ3v) is 2.95. The Morgan fingerprint density at radius 1 is 0.938 bits per heavy atom. The van der Waals surface area contributed by atoms with Crippen LogP contribution in [0.2, 0.25) is 0 Å². The van der Waals surface area contributed by atoms with Crippen molar-refractivity contribution in [1.82, 2.24) is 0 Å². The second-order valence-electron chi connectivity index (χ2n) is 3.93. The maximum absolute atomic E-state index is 10.3. The summed E-state index contributed by atoms with van der Waals surface area (Å²) in [4.78, 5) is 0. The Balaban J connectivity index is 2.18. The van der Waals surface area contributed by atoms with Gasteiger partial charge in [0, 0.05) is 0 Å². The third-order valence-electron chi connectivity index (χ3n) is 2.95. The van der Waals surface area contributed by atoms with Crippen molar-refractivity contribution in [2.45, 2.75) is 6.61 Å². The minimum absolute atomic E-state index is 0.518. The molecule has 16 heavy (non-hydrogen) atoms. The number of para-hydroxylation sites is 1. The van der Waals surface area contributed by atoms with E-state index in [1.54, 1.807) is 0 Å². The summed E-state index contributed by atoms with van der Waals surface area (Å²) in [6.07, 6.45) is 0. The van der Waals surface area contributed by atoms with Crippen molar-refractivity contribution in [1.29, 1.82) is 0 Å². The van der Waals surface area contributed by atoms with Gasteiger partial charge in [0.2, 0.25) is 0 Å². The molecule has 2 aromatic rings. The molecule has 0 radical (unpaired) electrons. The average molecular weight is 210 g/mol. The Bertz CT molecular complexity index is 477. The van der Waals surface area contributed by atoms with E-state index in [1.165, 1.54) is 0 Å². The zero-order valence-corrected chi connectivity index (χ0v) is 8.76. The molecule has 0 unspecified atom stereocenters. The SMILES string of the molecule is OB1c2ccccc2COc2ccccc21. The third kappa shape index (κ3) is 1.41. The van der Waals surface area contributed by atoms with Crippen LogP contribution in [0.25, 0.3) is 0 Å². The Labute approximate surface area is 94.6 Å². The van der Waals surface area contributed by atoms with E-state index in [9.17, 15) is 5.02 Å². The lowest BCUT2D eigenvalue weighted by Gasteiger charge is -2.08. The fourth-order valence-electron chi connectivity index (χ4n) is 2.09. The van der Waals surface area contributed by atoms with Crippen molar-refractivity contribution in [2.24, 2.45) is 0 Å². The predicted molar refractivity (Wildman–Crippen MR) is 64.5 cm³/mol. The van der Waals surface area contributed by atoms with Gasteiger partial charge in [0.15, 0.2) is 0 Å². The first kappa shape index (κ1) is 9.49. The Morgan fingerprint density at radius 2 is 1.62 bits per heavy atom. The van der Waals surface area contributed by atoms with Crippen LogP contribution in [0.3, 0.4) is 0 Å². The highest BCUT2D eigenvalue weighted by Crippen LogP contribution is 2.14. The molecule has 78 valence electrons. The maximum Gasteiger partial charge on any atom is 0.363 e. The number of hydrogen-bond donors (Lipinski definition) is 1. The van der Waals surface area contributed by atoms with Crippen LogP contribution in [0, 0.1) is 0 Å². The summed E-state index contributed by atoms with van der Waals surface area (Å²) in [6.45, 7) is -0.0700. The van der Waals surface area contributed by atoms with Gasteiger partial charge in [-0.2, -0.15) is 0 Å². The number of benzene rings is 2. The lowest BCUT2D eigenvalue weighted by atomic mass is 9.55. The van der Waals surface area contributed by atoms with E-state index in [2.05, 4.69) is 0 Å². The molecule has 1 aliphatic rings. The largest absolute Gasteiger partial charge is 0.489 e. The van der Waals surface area contributed by atoms with Crippen molar-refractivity contribution in [3.05, 3.63) is 54.1 Å². The van der Waals surface area contributed by atoms with Gasteiger partial charge in [-0.15, -0.1) is 0 Å². The molecular weight excluding hydrogens is 199 g/mol. The summed E-state index contributed by atoms with van der Waals surface area (Å²) in [6, 6.07) is 15.5. The van der Waals surface area contributed by atoms with Crippen molar-refractivity contribution in [2.75, 3.05) is 0 Å². The summed E-state index contributed by atoms with van der Waals surface area (Å²) >= 11 is 0. The van der Waals surface area contributed by atoms with Gasteiger partial charge in [-0.3, -0.25) is 0 Å². The molecule has 0 spiro atoms. The summed E-state index contributed by atoms with van der Waals surface area (Å²) in [5.74, 6) is 0.770. The van der Waals surface area contributed by atoms with Gasteiger partial charge < -0.3 is 9.76 Å². The van der Waals surface area contributed by atoms with Gasteiger partial charge in [-0.1, -0.05) is 42.5 Å². The first-order chi connectivity index (χ1) is 7.86. The van der Waals surface area contributed by atoms with Crippen LogP contribution < -0.4 is 15.7 Å². The maximum atomic E-state index is 10.3. The fraction of sp³-hybridized carbons (Fsp3) is 0.0769. The quantitative estimate of drug-likeness (QED) is 0.648. The second kappa shape index (κ2) is 3.69. The van der Waals surface area contributed by atoms with Gasteiger partial charge in [-0.25, -0.2) is 0 Å². The summed E-state index contributed by atoms with van der Waals surface area (Å²) in [7, 11) is 0. The van der Waals surface area contributed by atoms with Crippen LogP contribution in [0.5, 0.6) is 5.75 Å². The Morgan fingerprint density at radius 3 is 2.50 bits per heavy atom. The standard InChI is InChI=1S/C13H11BO2/c15-14-11-6-2-1-5-10(11)9-16-13-8-4-3-7-12(13)14/h1-8,15H,9H2. The number of fused-ring (bicyclic) bond motifs is 2. The van der Waals surface area contributed by atoms with E-state index in [4.69, 9.17) is 4.74 Å². The molecule has 0 aromatic heterocycles. The topological polar surface area (TPSA) is 29.5 Å². The molecule has 0 bridgehead atoms. The Hall–Kier alpha value is -1.74. The number of hydrogen-bond acceptors (Lipinski definition) is 2. The van der Waals surface area contributed by atoms with Crippen molar-refractivity contribution in [3.8, 4) is 5.75 Å². The number of rotatable bonds is 0. The highest BCUT2D eigenvalue weighted by molar-refractivity contribution is 6.80. The van der Waals surface area contributed by atoms with E-state index in [0.717, 1.165) is 22.2 Å². The molecule has 0 saturated carbocycles. The van der Waals surface area contributed by atoms with Gasteiger partial charge >= 0.3 is 6.92 Å². The molecule has 0 amide bonds. The van der Waals surface area contributed by atoms with Gasteiger partial charge in [0.1, 0.15) is 12.4 Å². The zero-order chi connectivity index (χ0) is 11.0. The molecule has 2 aromatic carbocycles. The van der Waals surface area contributed by atoms with E-state index >= 15 is 0 Å². The van der Waals surface area contributed by atoms with Gasteiger partial charge in [0.25, 0.3) is 0 Å². The molecule has 0 saturated heterocycles. The van der Waals surface area contributed by atoms with E-state index in [-0.39, 0.29) is 0 Å². The predicted octanol–water partition coefficient (Wildman–Crippen LogP) is 0.677. The minimum atomic E-state index is -0.588. The summed E-state index contributed by atoms with van der Waals surface area (Å²) in [5, 5.41) is 10.3. The Kier molecular flexibility index (Phi) is 2.19. The normalized spacial score (nSPS) is 13.4. The van der Waals surface area contributed by atoms with E-state index in [0.29, 0.717) is 6.61 Å². The zero-order valence-electron chi connectivity index (χ0n) is 8.76. The lowest BCUT2D eigenvalue weighted by Crippen LogP contribution is -2.42. The fourth-order valence-corrected chi connectivity index (χ4v) is 2.09. The molecule has 2 nitrogen and oxygen atoms in total. The first-order valence-electron chi connectivity index (χ1n) is 5.34. The van der Waals surface area contributed by atoms with Gasteiger partial charge in [-0.05, 0) is 22.6 Å². The molecule has 0 atom stereocenters. The van der Waals surface area contributed by atoms with Crippen LogP contribution >= 0.6 is 0 Å². The van der Waals surface area contributed by atoms with Gasteiger partial charge in [0.05, 0.1) is 0 Å². The van der Waals surface area contributed by atoms with Crippen LogP contribution in [0.1, 0.15) is 5.56 Å². The van der Waals surface area contributed by atoms with Crippen molar-refractivity contribution >= 4 is 17.8 Å². The molecule has 3 rings (SSSR count). The molecule has 0 aliphatic carbocycles. The molecule has 1 N–H and O–H groups in total. The van der Waals surface area contributed by atoms with Crippen molar-refractivity contribution < 1.29 is 9.76 Å². The van der Waals surface area contributed by atoms with Crippen LogP contribution in [-0.4, -0.2) is 11.9 Å². The first-order valence-corrected chi connectivity index (χ1v) is 5.34. The summed E-state index contributed by atoms with van der Waals surface area (Å²) < 4.78 is 5.69. The van der Waals surface area contributed by atoms with Crippen molar-refractivity contribution in [3.63, 3.8) is 0 Å².